The van der Waals surface area contributed by atoms with Crippen LogP contribution >= 0.6 is 13.5 Å². The van der Waals surface area contributed by atoms with Gasteiger partial charge in [0.2, 0.25) is 5.91 Å². The third-order valence-corrected chi connectivity index (χ3v) is 8.96. The van der Waals surface area contributed by atoms with Crippen LogP contribution in [0, 0.1) is 13.8 Å². The van der Waals surface area contributed by atoms with Gasteiger partial charge in [-0.2, -0.15) is 23.5 Å². The second-order valence-corrected chi connectivity index (χ2v) is 11.8. The molecular formula is C31H40F3N7O2S. The number of rotatable bonds is 7. The van der Waals surface area contributed by atoms with E-state index >= 15 is 0 Å². The number of carbonyl (C=O) groups is 1. The van der Waals surface area contributed by atoms with Crippen LogP contribution in [0.5, 0.6) is 6.01 Å². The minimum Gasteiger partial charge on any atom is -0.462 e. The van der Waals surface area contributed by atoms with Crippen molar-refractivity contribution >= 4 is 41.8 Å². The van der Waals surface area contributed by atoms with Crippen LogP contribution in [0.15, 0.2) is 30.5 Å². The van der Waals surface area contributed by atoms with Crippen molar-refractivity contribution in [3.05, 3.63) is 52.9 Å². The molecule has 2 saturated heterocycles. The molecule has 3 aliphatic rings. The van der Waals surface area contributed by atoms with Crippen LogP contribution in [0.25, 0.3) is 10.9 Å². The molecule has 5 heterocycles. The Kier molecular flexibility index (Phi) is 9.36. The summed E-state index contributed by atoms with van der Waals surface area (Å²) in [5.41, 5.74) is 6.57. The second kappa shape index (κ2) is 12.9. The molecule has 238 valence electrons. The molecule has 0 unspecified atom stereocenters. The zero-order valence-electron chi connectivity index (χ0n) is 25.4. The second-order valence-electron chi connectivity index (χ2n) is 11.8. The third-order valence-electron chi connectivity index (χ3n) is 8.96. The highest BCUT2D eigenvalue weighted by atomic mass is 32.1. The molecule has 0 radical (unpaired) electrons. The van der Waals surface area contributed by atoms with E-state index in [1.54, 1.807) is 16.8 Å². The van der Waals surface area contributed by atoms with Crippen LogP contribution in [0.4, 0.5) is 24.7 Å². The number of hydrogen-bond acceptors (Lipinski definition) is 7. The highest BCUT2D eigenvalue weighted by molar-refractivity contribution is 7.59. The molecule has 1 amide bonds. The number of carbonyl (C=O) groups excluding carboxylic acids is 1. The van der Waals surface area contributed by atoms with Crippen LogP contribution in [0.3, 0.4) is 0 Å². The molecule has 9 nitrogen and oxygen atoms in total. The van der Waals surface area contributed by atoms with Gasteiger partial charge < -0.3 is 24.4 Å². The number of hydrogen-bond donors (Lipinski definition) is 1. The number of ether oxygens (including phenoxy) is 1. The van der Waals surface area contributed by atoms with Gasteiger partial charge in [0.15, 0.2) is 0 Å². The van der Waals surface area contributed by atoms with E-state index < -0.39 is 18.6 Å². The minimum atomic E-state index is -2.74. The molecule has 1 aromatic carbocycles. The number of fused-ring (bicyclic) bond motifs is 2. The van der Waals surface area contributed by atoms with Crippen LogP contribution < -0.4 is 14.5 Å². The Hall–Kier alpha value is -3.45. The average molecular weight is 632 g/mol. The van der Waals surface area contributed by atoms with Gasteiger partial charge in [-0.15, -0.1) is 0 Å². The maximum absolute atomic E-state index is 14.0. The van der Waals surface area contributed by atoms with Gasteiger partial charge in [-0.1, -0.05) is 0 Å². The Balaban J connectivity index is 0.00000384. The Morgan fingerprint density at radius 2 is 1.93 bits per heavy atom. The van der Waals surface area contributed by atoms with Gasteiger partial charge in [0.25, 0.3) is 5.92 Å². The Morgan fingerprint density at radius 1 is 1.16 bits per heavy atom. The lowest BCUT2D eigenvalue weighted by molar-refractivity contribution is -0.126. The SMILES string of the molecule is Cc1cc2[nH]ccc2c(N2CCc3c(nc(OC[C@@H]4CC(F)(F)CN4C)nc3N3CCN(C(=O)/C=C/CF)CC3)C2)c1C.S. The summed E-state index contributed by atoms with van der Waals surface area (Å²) >= 11 is 0. The van der Waals surface area contributed by atoms with E-state index in [0.29, 0.717) is 32.7 Å². The number of piperazine rings is 1. The van der Waals surface area contributed by atoms with Crippen molar-refractivity contribution in [2.75, 3.05) is 69.4 Å². The first-order valence-electron chi connectivity index (χ1n) is 14.8. The van der Waals surface area contributed by atoms with Gasteiger partial charge in [0.05, 0.1) is 18.8 Å². The third kappa shape index (κ3) is 6.35. The molecule has 2 fully saturated rings. The van der Waals surface area contributed by atoms with Crippen molar-refractivity contribution in [1.82, 2.24) is 24.8 Å². The van der Waals surface area contributed by atoms with Crippen molar-refractivity contribution in [2.45, 2.75) is 45.2 Å². The van der Waals surface area contributed by atoms with Gasteiger partial charge in [-0.25, -0.2) is 13.2 Å². The zero-order valence-corrected chi connectivity index (χ0v) is 26.4. The van der Waals surface area contributed by atoms with Crippen LogP contribution in [0.1, 0.15) is 28.8 Å². The number of halogens is 3. The Bertz CT molecular complexity index is 1540. The molecule has 1 atom stereocenters. The number of likely N-dealkylation sites (N-methyl/N-ethyl adjacent to an activating group) is 1. The predicted molar refractivity (Wildman–Crippen MR) is 170 cm³/mol. The molecule has 0 aliphatic carbocycles. The summed E-state index contributed by atoms with van der Waals surface area (Å²) in [6, 6.07) is 4.01. The largest absolute Gasteiger partial charge is 0.462 e. The summed E-state index contributed by atoms with van der Waals surface area (Å²) in [4.78, 5) is 33.2. The zero-order chi connectivity index (χ0) is 30.3. The normalized spacial score (nSPS) is 20.3. The van der Waals surface area contributed by atoms with E-state index in [1.165, 1.54) is 29.0 Å². The van der Waals surface area contributed by atoms with Crippen molar-refractivity contribution < 1.29 is 22.7 Å². The summed E-state index contributed by atoms with van der Waals surface area (Å²) in [5, 5.41) is 1.16. The van der Waals surface area contributed by atoms with E-state index in [0.717, 1.165) is 40.9 Å². The van der Waals surface area contributed by atoms with Gasteiger partial charge in [0, 0.05) is 79.6 Å². The fourth-order valence-corrected chi connectivity index (χ4v) is 6.54. The summed E-state index contributed by atoms with van der Waals surface area (Å²) in [6.07, 6.45) is 4.92. The van der Waals surface area contributed by atoms with E-state index in [1.807, 2.05) is 6.20 Å². The average Bonchev–Trinajstić information content (AvgIpc) is 3.56. The molecule has 13 heteroatoms. The van der Waals surface area contributed by atoms with Crippen LogP contribution in [-0.4, -0.2) is 102 Å². The maximum Gasteiger partial charge on any atom is 0.318 e. The molecule has 1 N–H and O–H groups in total. The van der Waals surface area contributed by atoms with Crippen molar-refractivity contribution in [3.8, 4) is 6.01 Å². The molecule has 6 rings (SSSR count). The maximum atomic E-state index is 14.0. The van der Waals surface area contributed by atoms with Gasteiger partial charge in [0.1, 0.15) is 19.1 Å². The van der Waals surface area contributed by atoms with E-state index in [9.17, 15) is 18.0 Å². The summed E-state index contributed by atoms with van der Waals surface area (Å²) in [5.74, 6) is -2.18. The number of allylic oxidation sites excluding steroid dienone is 1. The highest BCUT2D eigenvalue weighted by Crippen LogP contribution is 2.38. The number of nitrogens with zero attached hydrogens (tertiary/aromatic N) is 6. The lowest BCUT2D eigenvalue weighted by Gasteiger charge is -2.38. The van der Waals surface area contributed by atoms with Crippen molar-refractivity contribution in [2.24, 2.45) is 0 Å². The number of benzene rings is 1. The number of anilines is 2. The molecule has 2 aromatic heterocycles. The number of likely N-dealkylation sites (tertiary alicyclic amines) is 1. The predicted octanol–water partition coefficient (Wildman–Crippen LogP) is 4.14. The van der Waals surface area contributed by atoms with Gasteiger partial charge in [-0.05, 0) is 56.7 Å². The Morgan fingerprint density at radius 3 is 2.64 bits per heavy atom. The fraction of sp³-hybridized carbons (Fsp3) is 0.516. The topological polar surface area (TPSA) is 80.8 Å². The molecule has 44 heavy (non-hydrogen) atoms. The molecule has 0 bridgehead atoms. The quantitative estimate of drug-likeness (QED) is 0.393. The number of aromatic amines is 1. The molecule has 3 aliphatic heterocycles. The summed E-state index contributed by atoms with van der Waals surface area (Å²) in [6.45, 7) is 6.76. The van der Waals surface area contributed by atoms with E-state index in [4.69, 9.17) is 14.7 Å². The first kappa shape index (κ1) is 32.0. The molecule has 0 saturated carbocycles. The molecule has 3 aromatic rings. The first-order valence-corrected chi connectivity index (χ1v) is 14.8. The minimum absolute atomic E-state index is 0. The number of aromatic nitrogens is 3. The lowest BCUT2D eigenvalue weighted by atomic mass is 9.99. The van der Waals surface area contributed by atoms with Gasteiger partial charge in [-0.3, -0.25) is 9.69 Å². The number of nitrogens with one attached hydrogen (secondary N) is 1. The van der Waals surface area contributed by atoms with E-state index in [-0.39, 0.29) is 45.0 Å². The van der Waals surface area contributed by atoms with Crippen LogP contribution in [-0.2, 0) is 17.8 Å². The summed E-state index contributed by atoms with van der Waals surface area (Å²) in [7, 11) is 1.68. The van der Waals surface area contributed by atoms with E-state index in [2.05, 4.69) is 40.8 Å². The molecular weight excluding hydrogens is 591 g/mol. The number of H-pyrrole nitrogens is 1. The van der Waals surface area contributed by atoms with Crippen LogP contribution in [0.2, 0.25) is 0 Å². The smallest absolute Gasteiger partial charge is 0.318 e. The summed E-state index contributed by atoms with van der Waals surface area (Å²) < 4.78 is 46.6. The monoisotopic (exact) mass is 631 g/mol. The fourth-order valence-electron chi connectivity index (χ4n) is 6.54. The first-order chi connectivity index (χ1) is 20.6. The Labute approximate surface area is 262 Å². The number of amides is 1. The standard InChI is InChI=1S/C31H38F3N7O2.H2S/c1-20-15-25-23(6-9-35-25)28(21(20)2)41-10-7-24-26(17-41)36-30(43-18-22-16-31(33,34)19-38(22)3)37-29(24)40-13-11-39(12-14-40)27(42)5-4-8-32;/h4-6,9,15,22,35H,7-8,10-14,16-19H2,1-3H3;1H2/b5-4+;/t22-;/m0./s1. The van der Waals surface area contributed by atoms with Crippen molar-refractivity contribution in [1.29, 1.82) is 0 Å². The van der Waals surface area contributed by atoms with Gasteiger partial charge >= 0.3 is 6.01 Å². The lowest BCUT2D eigenvalue weighted by Crippen LogP contribution is -2.49. The molecule has 0 spiro atoms. The number of aryl methyl sites for hydroxylation is 1. The van der Waals surface area contributed by atoms with Crippen molar-refractivity contribution in [3.63, 3.8) is 0 Å². The highest BCUT2D eigenvalue weighted by Gasteiger charge is 2.43. The number of alkyl halides is 3.